The Kier molecular flexibility index (Phi) is 5.60. The number of aryl methyl sites for hydroxylation is 1. The molecule has 0 atom stereocenters. The lowest BCUT2D eigenvalue weighted by Crippen LogP contribution is -2.12. The summed E-state index contributed by atoms with van der Waals surface area (Å²) in [6.07, 6.45) is -2.36. The van der Waals surface area contributed by atoms with Crippen molar-refractivity contribution < 1.29 is 22.3 Å². The van der Waals surface area contributed by atoms with Gasteiger partial charge in [-0.15, -0.1) is 0 Å². The van der Waals surface area contributed by atoms with E-state index in [9.17, 15) is 17.6 Å². The molecule has 112 valence electrons. The average Bonchev–Trinajstić information content (AvgIpc) is 2.30. The second-order valence-corrected chi connectivity index (χ2v) is 4.48. The van der Waals surface area contributed by atoms with Crippen molar-refractivity contribution in [2.75, 3.05) is 6.61 Å². The van der Waals surface area contributed by atoms with Gasteiger partial charge in [-0.25, -0.2) is 4.39 Å². The first-order chi connectivity index (χ1) is 9.27. The van der Waals surface area contributed by atoms with E-state index >= 15 is 0 Å². The van der Waals surface area contributed by atoms with E-state index in [0.717, 1.165) is 0 Å². The lowest BCUT2D eigenvalue weighted by Gasteiger charge is -2.18. The lowest BCUT2D eigenvalue weighted by atomic mass is 9.97. The molecule has 0 saturated carbocycles. The molecule has 0 saturated heterocycles. The Bertz CT molecular complexity index is 485. The fourth-order valence-corrected chi connectivity index (χ4v) is 2.06. The van der Waals surface area contributed by atoms with Crippen LogP contribution in [-0.4, -0.2) is 6.61 Å². The highest BCUT2D eigenvalue weighted by atomic mass is 19.4. The molecule has 0 aliphatic carbocycles. The van der Waals surface area contributed by atoms with Crippen molar-refractivity contribution in [3.63, 3.8) is 0 Å². The first-order valence-corrected chi connectivity index (χ1v) is 6.42. The number of hydrogen-bond acceptors (Lipinski definition) is 1. The van der Waals surface area contributed by atoms with E-state index in [-0.39, 0.29) is 23.7 Å². The van der Waals surface area contributed by atoms with Crippen LogP contribution in [0.25, 0.3) is 0 Å². The molecule has 0 aliphatic heterocycles. The first kappa shape index (κ1) is 16.5. The molecule has 0 amide bonds. The number of halogens is 4. The Balaban J connectivity index is 3.14. The van der Waals surface area contributed by atoms with Crippen LogP contribution in [0.1, 0.15) is 37.0 Å². The molecule has 0 unspecified atom stereocenters. The number of allylic oxidation sites excluding steroid dienone is 2. The van der Waals surface area contributed by atoms with Gasteiger partial charge in [0.25, 0.3) is 0 Å². The molecule has 1 aromatic carbocycles. The molecule has 0 radical (unpaired) electrons. The normalized spacial score (nSPS) is 12.7. The summed E-state index contributed by atoms with van der Waals surface area (Å²) >= 11 is 0. The van der Waals surface area contributed by atoms with Crippen LogP contribution in [0.5, 0.6) is 5.75 Å². The molecule has 1 nitrogen and oxygen atoms in total. The van der Waals surface area contributed by atoms with E-state index in [1.165, 1.54) is 26.0 Å². The predicted molar refractivity (Wildman–Crippen MR) is 70.5 cm³/mol. The van der Waals surface area contributed by atoms with Gasteiger partial charge in [0.05, 0.1) is 12.4 Å². The van der Waals surface area contributed by atoms with Gasteiger partial charge in [-0.05, 0) is 50.8 Å². The minimum absolute atomic E-state index is 0.147. The monoisotopic (exact) mass is 290 g/mol. The average molecular weight is 290 g/mol. The van der Waals surface area contributed by atoms with Gasteiger partial charge in [-0.2, -0.15) is 13.2 Å². The van der Waals surface area contributed by atoms with Crippen molar-refractivity contribution >= 4 is 0 Å². The summed E-state index contributed by atoms with van der Waals surface area (Å²) in [5, 5.41) is 0. The fraction of sp³-hybridized carbons (Fsp3) is 0.467. The first-order valence-electron chi connectivity index (χ1n) is 6.42. The third-order valence-corrected chi connectivity index (χ3v) is 2.96. The Morgan fingerprint density at radius 3 is 2.45 bits per heavy atom. The molecular formula is C15H18F4O. The maximum Gasteiger partial charge on any atom is 0.420 e. The maximum absolute atomic E-state index is 13.1. The van der Waals surface area contributed by atoms with Crippen molar-refractivity contribution in [2.24, 2.45) is 0 Å². The molecule has 5 heteroatoms. The smallest absolute Gasteiger partial charge is 0.420 e. The highest BCUT2D eigenvalue weighted by Crippen LogP contribution is 2.40. The molecule has 0 fully saturated rings. The molecule has 0 spiro atoms. The van der Waals surface area contributed by atoms with E-state index in [4.69, 9.17) is 4.74 Å². The number of alkyl halides is 3. The van der Waals surface area contributed by atoms with Gasteiger partial charge in [0.2, 0.25) is 0 Å². The highest BCUT2D eigenvalue weighted by Gasteiger charge is 2.36. The summed E-state index contributed by atoms with van der Waals surface area (Å²) in [6.45, 7) is 4.54. The van der Waals surface area contributed by atoms with Crippen LogP contribution in [0.3, 0.4) is 0 Å². The van der Waals surface area contributed by atoms with Crippen molar-refractivity contribution in [1.29, 1.82) is 0 Å². The van der Waals surface area contributed by atoms with Crippen molar-refractivity contribution in [3.05, 3.63) is 40.7 Å². The number of ether oxygens (including phenoxy) is 1. The van der Waals surface area contributed by atoms with Crippen LogP contribution in [-0.2, 0) is 12.6 Å². The van der Waals surface area contributed by atoms with Gasteiger partial charge in [0.1, 0.15) is 11.3 Å². The topological polar surface area (TPSA) is 9.23 Å². The minimum Gasteiger partial charge on any atom is -0.493 e. The van der Waals surface area contributed by atoms with Crippen molar-refractivity contribution in [2.45, 2.75) is 39.8 Å². The molecule has 0 heterocycles. The second-order valence-electron chi connectivity index (χ2n) is 4.48. The largest absolute Gasteiger partial charge is 0.493 e. The maximum atomic E-state index is 13.1. The Hall–Kier alpha value is -1.52. The Labute approximate surface area is 116 Å². The Morgan fingerprint density at radius 2 is 1.95 bits per heavy atom. The number of rotatable bonds is 5. The Morgan fingerprint density at radius 1 is 1.30 bits per heavy atom. The number of hydrogen-bond donors (Lipinski definition) is 0. The molecular weight excluding hydrogens is 272 g/mol. The zero-order valence-electron chi connectivity index (χ0n) is 11.8. The van der Waals surface area contributed by atoms with E-state index in [0.29, 0.717) is 18.4 Å². The van der Waals surface area contributed by atoms with Crippen molar-refractivity contribution in [1.82, 2.24) is 0 Å². The summed E-state index contributed by atoms with van der Waals surface area (Å²) < 4.78 is 57.0. The molecule has 0 N–H and O–H groups in total. The van der Waals surface area contributed by atoms with Gasteiger partial charge >= 0.3 is 6.18 Å². The molecule has 0 aromatic heterocycles. The molecule has 0 aliphatic rings. The van der Waals surface area contributed by atoms with Gasteiger partial charge in [0.15, 0.2) is 0 Å². The van der Waals surface area contributed by atoms with Crippen LogP contribution in [0.4, 0.5) is 17.6 Å². The lowest BCUT2D eigenvalue weighted by molar-refractivity contribution is -0.139. The molecule has 20 heavy (non-hydrogen) atoms. The highest BCUT2D eigenvalue weighted by molar-refractivity contribution is 5.46. The molecule has 1 aromatic rings. The third-order valence-electron chi connectivity index (χ3n) is 2.96. The summed E-state index contributed by atoms with van der Waals surface area (Å²) in [5.41, 5.74) is -0.0376. The molecule has 0 bridgehead atoms. The minimum atomic E-state index is -4.46. The summed E-state index contributed by atoms with van der Waals surface area (Å²) in [5.74, 6) is -0.483. The van der Waals surface area contributed by atoms with Gasteiger partial charge in [0, 0.05) is 0 Å². The van der Waals surface area contributed by atoms with Crippen LogP contribution < -0.4 is 4.74 Å². The van der Waals surface area contributed by atoms with Gasteiger partial charge < -0.3 is 4.74 Å². The van der Waals surface area contributed by atoms with Gasteiger partial charge in [-0.1, -0.05) is 12.1 Å². The van der Waals surface area contributed by atoms with Crippen LogP contribution in [0, 0.1) is 6.92 Å². The van der Waals surface area contributed by atoms with Crippen LogP contribution >= 0.6 is 0 Å². The van der Waals surface area contributed by atoms with Crippen LogP contribution in [0.2, 0.25) is 0 Å². The van der Waals surface area contributed by atoms with E-state index < -0.39 is 11.7 Å². The predicted octanol–water partition coefficient (Wildman–Crippen LogP) is 5.22. The van der Waals surface area contributed by atoms with E-state index in [1.807, 2.05) is 0 Å². The second kappa shape index (κ2) is 6.77. The number of benzene rings is 1. The van der Waals surface area contributed by atoms with Gasteiger partial charge in [-0.3, -0.25) is 0 Å². The fourth-order valence-electron chi connectivity index (χ4n) is 2.06. The summed E-state index contributed by atoms with van der Waals surface area (Å²) in [7, 11) is 0. The van der Waals surface area contributed by atoms with E-state index in [2.05, 4.69) is 0 Å². The van der Waals surface area contributed by atoms with Crippen LogP contribution in [0.15, 0.2) is 24.0 Å². The van der Waals surface area contributed by atoms with E-state index in [1.54, 1.807) is 13.0 Å². The molecule has 1 rings (SSSR count). The quantitative estimate of drug-likeness (QED) is 0.676. The summed E-state index contributed by atoms with van der Waals surface area (Å²) in [4.78, 5) is 0. The van der Waals surface area contributed by atoms with Crippen molar-refractivity contribution in [3.8, 4) is 5.75 Å². The zero-order chi connectivity index (χ0) is 15.3. The third kappa shape index (κ3) is 4.25. The zero-order valence-corrected chi connectivity index (χ0v) is 11.8. The SMILES string of the molecule is CCOc1ccc(CC/C=C(/C)F)c(C)c1C(F)(F)F. The standard InChI is InChI=1S/C15H18F4O/c1-4-20-13-9-8-12(7-5-6-10(2)16)11(3)14(13)15(17,18)19/h6,8-9H,4-5,7H2,1-3H3/b10-6-. The summed E-state index contributed by atoms with van der Waals surface area (Å²) in [6, 6.07) is 2.94.